The molecule has 0 bridgehead atoms. The summed E-state index contributed by atoms with van der Waals surface area (Å²) in [4.78, 5) is 28.2. The zero-order valence-electron chi connectivity index (χ0n) is 20.4. The van der Waals surface area contributed by atoms with E-state index < -0.39 is 28.5 Å². The highest BCUT2D eigenvalue weighted by atomic mass is 79.9. The first-order valence-corrected chi connectivity index (χ1v) is 14.0. The Morgan fingerprint density at radius 1 is 1.00 bits per heavy atom. The lowest BCUT2D eigenvalue weighted by atomic mass is 10.1. The van der Waals surface area contributed by atoms with Gasteiger partial charge in [-0.2, -0.15) is 0 Å². The molecule has 0 aliphatic heterocycles. The summed E-state index contributed by atoms with van der Waals surface area (Å²) in [6, 6.07) is 13.7. The van der Waals surface area contributed by atoms with E-state index in [1.54, 1.807) is 24.3 Å². The van der Waals surface area contributed by atoms with E-state index in [9.17, 15) is 18.0 Å². The number of nitrogens with zero attached hydrogens (tertiary/aromatic N) is 2. The van der Waals surface area contributed by atoms with Gasteiger partial charge in [0.2, 0.25) is 21.8 Å². The molecule has 186 valence electrons. The van der Waals surface area contributed by atoms with Crippen molar-refractivity contribution in [3.8, 4) is 0 Å². The quantitative estimate of drug-likeness (QED) is 0.452. The minimum absolute atomic E-state index is 0.0341. The van der Waals surface area contributed by atoms with E-state index in [1.807, 2.05) is 52.0 Å². The van der Waals surface area contributed by atoms with Crippen LogP contribution in [0.25, 0.3) is 0 Å². The molecule has 0 aliphatic rings. The van der Waals surface area contributed by atoms with Crippen molar-refractivity contribution >= 4 is 43.5 Å². The number of rotatable bonds is 11. The topological polar surface area (TPSA) is 86.8 Å². The van der Waals surface area contributed by atoms with Crippen LogP contribution in [0.15, 0.2) is 53.0 Å². The number of hydrogen-bond acceptors (Lipinski definition) is 4. The summed E-state index contributed by atoms with van der Waals surface area (Å²) in [6.45, 7) is 7.50. The number of hydrogen-bond donors (Lipinski definition) is 1. The lowest BCUT2D eigenvalue weighted by molar-refractivity contribution is -0.140. The molecule has 7 nitrogen and oxygen atoms in total. The normalized spacial score (nSPS) is 13.1. The molecule has 1 N–H and O–H groups in total. The van der Waals surface area contributed by atoms with E-state index in [2.05, 4.69) is 21.2 Å². The largest absolute Gasteiger partial charge is 0.352 e. The fourth-order valence-electron chi connectivity index (χ4n) is 3.47. The third-order valence-corrected chi connectivity index (χ3v) is 7.32. The number of sulfonamides is 1. The number of aryl methyl sites for hydroxylation is 1. The van der Waals surface area contributed by atoms with Crippen LogP contribution in [0.2, 0.25) is 0 Å². The SMILES string of the molecule is CC[C@@H](C)NC(=O)[C@@H](CC)N(Cc1ccc(C)cc1)C(=O)CN(c1ccc(Br)cc1)S(C)(=O)=O. The van der Waals surface area contributed by atoms with Gasteiger partial charge in [-0.25, -0.2) is 8.42 Å². The Morgan fingerprint density at radius 3 is 2.09 bits per heavy atom. The van der Waals surface area contributed by atoms with Gasteiger partial charge in [-0.3, -0.25) is 13.9 Å². The summed E-state index contributed by atoms with van der Waals surface area (Å²) >= 11 is 3.34. The van der Waals surface area contributed by atoms with Gasteiger partial charge in [-0.05, 0) is 56.5 Å². The van der Waals surface area contributed by atoms with Gasteiger partial charge in [0.15, 0.2) is 0 Å². The molecule has 2 aromatic carbocycles. The first kappa shape index (κ1) is 27.9. The zero-order valence-corrected chi connectivity index (χ0v) is 22.8. The molecular weight excluding hydrogens is 518 g/mol. The van der Waals surface area contributed by atoms with E-state index >= 15 is 0 Å². The van der Waals surface area contributed by atoms with Gasteiger partial charge in [-0.1, -0.05) is 59.6 Å². The van der Waals surface area contributed by atoms with E-state index in [-0.39, 0.29) is 18.5 Å². The highest BCUT2D eigenvalue weighted by Gasteiger charge is 2.32. The molecule has 0 aliphatic carbocycles. The first-order valence-electron chi connectivity index (χ1n) is 11.3. The fraction of sp³-hybridized carbons (Fsp3) is 0.440. The Kier molecular flexibility index (Phi) is 10.1. The summed E-state index contributed by atoms with van der Waals surface area (Å²) in [6.07, 6.45) is 2.23. The molecule has 9 heteroatoms. The van der Waals surface area contributed by atoms with Crippen molar-refractivity contribution in [1.82, 2.24) is 10.2 Å². The molecule has 0 fully saturated rings. The number of amides is 2. The summed E-state index contributed by atoms with van der Waals surface area (Å²) in [5.74, 6) is -0.688. The second kappa shape index (κ2) is 12.4. The van der Waals surface area contributed by atoms with E-state index in [4.69, 9.17) is 0 Å². The molecule has 2 rings (SSSR count). The van der Waals surface area contributed by atoms with Crippen molar-refractivity contribution in [2.45, 2.75) is 59.2 Å². The maximum absolute atomic E-state index is 13.6. The maximum atomic E-state index is 13.6. The monoisotopic (exact) mass is 551 g/mol. The number of halogens is 1. The van der Waals surface area contributed by atoms with Crippen LogP contribution in [0.5, 0.6) is 0 Å². The Balaban J connectivity index is 2.41. The van der Waals surface area contributed by atoms with Crippen molar-refractivity contribution in [1.29, 1.82) is 0 Å². The van der Waals surface area contributed by atoms with Crippen molar-refractivity contribution in [2.24, 2.45) is 0 Å². The van der Waals surface area contributed by atoms with Crippen molar-refractivity contribution in [2.75, 3.05) is 17.1 Å². The molecule has 0 spiro atoms. The lowest BCUT2D eigenvalue weighted by Crippen LogP contribution is -2.53. The van der Waals surface area contributed by atoms with Crippen LogP contribution in [0.3, 0.4) is 0 Å². The van der Waals surface area contributed by atoms with Crippen LogP contribution in [0.1, 0.15) is 44.7 Å². The van der Waals surface area contributed by atoms with Gasteiger partial charge in [0.25, 0.3) is 0 Å². The van der Waals surface area contributed by atoms with E-state index in [0.29, 0.717) is 12.1 Å². The number of nitrogens with one attached hydrogen (secondary N) is 1. The molecule has 2 amide bonds. The Morgan fingerprint density at radius 2 is 1.59 bits per heavy atom. The fourth-order valence-corrected chi connectivity index (χ4v) is 4.59. The summed E-state index contributed by atoms with van der Waals surface area (Å²) in [5, 5.41) is 2.96. The highest BCUT2D eigenvalue weighted by molar-refractivity contribution is 9.10. The minimum Gasteiger partial charge on any atom is -0.352 e. The highest BCUT2D eigenvalue weighted by Crippen LogP contribution is 2.22. The summed E-state index contributed by atoms with van der Waals surface area (Å²) in [7, 11) is -3.74. The molecule has 0 aromatic heterocycles. The molecule has 0 saturated carbocycles. The smallest absolute Gasteiger partial charge is 0.244 e. The molecule has 0 radical (unpaired) electrons. The molecule has 0 saturated heterocycles. The first-order chi connectivity index (χ1) is 16.0. The second-order valence-corrected chi connectivity index (χ2v) is 11.3. The predicted octanol–water partition coefficient (Wildman–Crippen LogP) is 4.25. The predicted molar refractivity (Wildman–Crippen MR) is 140 cm³/mol. The summed E-state index contributed by atoms with van der Waals surface area (Å²) in [5.41, 5.74) is 2.33. The van der Waals surface area contributed by atoms with Gasteiger partial charge in [-0.15, -0.1) is 0 Å². The van der Waals surface area contributed by atoms with Crippen LogP contribution in [-0.4, -0.2) is 50.0 Å². The molecule has 34 heavy (non-hydrogen) atoms. The molecule has 0 heterocycles. The third-order valence-electron chi connectivity index (χ3n) is 5.65. The standard InChI is InChI=1S/C25H34BrN3O4S/c1-6-19(4)27-25(31)23(7-2)28(16-20-10-8-18(3)9-11-20)24(30)17-29(34(5,32)33)22-14-12-21(26)13-15-22/h8-15,19,23H,6-7,16-17H2,1-5H3,(H,27,31)/t19-,23-/m1/s1. The molecule has 2 atom stereocenters. The van der Waals surface area contributed by atoms with Crippen LogP contribution in [0, 0.1) is 6.92 Å². The lowest BCUT2D eigenvalue weighted by Gasteiger charge is -2.33. The average Bonchev–Trinajstić information content (AvgIpc) is 2.78. The Hall–Kier alpha value is -2.39. The van der Waals surface area contributed by atoms with Crippen LogP contribution >= 0.6 is 15.9 Å². The van der Waals surface area contributed by atoms with E-state index in [0.717, 1.165) is 32.6 Å². The molecule has 0 unspecified atom stereocenters. The molecular formula is C25H34BrN3O4S. The van der Waals surface area contributed by atoms with Gasteiger partial charge >= 0.3 is 0 Å². The third kappa shape index (κ3) is 7.84. The van der Waals surface area contributed by atoms with Crippen LogP contribution < -0.4 is 9.62 Å². The Labute approximate surface area is 211 Å². The van der Waals surface area contributed by atoms with Crippen molar-refractivity contribution in [3.05, 3.63) is 64.1 Å². The van der Waals surface area contributed by atoms with Crippen molar-refractivity contribution < 1.29 is 18.0 Å². The zero-order chi connectivity index (χ0) is 25.5. The van der Waals surface area contributed by atoms with Crippen molar-refractivity contribution in [3.63, 3.8) is 0 Å². The second-order valence-electron chi connectivity index (χ2n) is 8.50. The van der Waals surface area contributed by atoms with Crippen LogP contribution in [-0.2, 0) is 26.2 Å². The van der Waals surface area contributed by atoms with Gasteiger partial charge in [0, 0.05) is 17.1 Å². The van der Waals surface area contributed by atoms with Gasteiger partial charge in [0.1, 0.15) is 12.6 Å². The summed E-state index contributed by atoms with van der Waals surface area (Å²) < 4.78 is 27.1. The van der Waals surface area contributed by atoms with Crippen LogP contribution in [0.4, 0.5) is 5.69 Å². The van der Waals surface area contributed by atoms with Gasteiger partial charge < -0.3 is 10.2 Å². The molecule has 2 aromatic rings. The number of carbonyl (C=O) groups is 2. The number of anilines is 1. The Bertz CT molecular complexity index is 1070. The maximum Gasteiger partial charge on any atom is 0.244 e. The number of carbonyl (C=O) groups excluding carboxylic acids is 2. The van der Waals surface area contributed by atoms with E-state index in [1.165, 1.54) is 4.90 Å². The number of benzene rings is 2. The average molecular weight is 553 g/mol. The van der Waals surface area contributed by atoms with Gasteiger partial charge in [0.05, 0.1) is 11.9 Å². The minimum atomic E-state index is -3.74.